The molecule has 0 amide bonds. The zero-order valence-electron chi connectivity index (χ0n) is 18.8. The number of carbonyl (C=O) groups is 1. The van der Waals surface area contributed by atoms with Crippen LogP contribution in [0.5, 0.6) is 0 Å². The van der Waals surface area contributed by atoms with Gasteiger partial charge in [0.05, 0.1) is 18.3 Å². The van der Waals surface area contributed by atoms with Crippen LogP contribution in [0, 0.1) is 6.92 Å². The van der Waals surface area contributed by atoms with Crippen molar-refractivity contribution in [3.05, 3.63) is 101 Å². The molecule has 2 aromatic carbocycles. The zero-order chi connectivity index (χ0) is 23.9. The Kier molecular flexibility index (Phi) is 5.49. The maximum Gasteiger partial charge on any atom is 0.355 e. The van der Waals surface area contributed by atoms with Crippen LogP contribution in [-0.2, 0) is 21.2 Å². The van der Waals surface area contributed by atoms with Gasteiger partial charge in [0.1, 0.15) is 11.5 Å². The monoisotopic (exact) mass is 473 g/mol. The van der Waals surface area contributed by atoms with E-state index in [-0.39, 0.29) is 10.6 Å². The van der Waals surface area contributed by atoms with Crippen molar-refractivity contribution in [2.24, 2.45) is 0 Å². The van der Waals surface area contributed by atoms with Gasteiger partial charge in [0.15, 0.2) is 0 Å². The lowest BCUT2D eigenvalue weighted by atomic mass is 10.0. The number of aromatic nitrogens is 1. The molecule has 34 heavy (non-hydrogen) atoms. The van der Waals surface area contributed by atoms with Crippen LogP contribution in [-0.4, -0.2) is 25.5 Å². The summed E-state index contributed by atoms with van der Waals surface area (Å²) in [6, 6.07) is 19.9. The van der Waals surface area contributed by atoms with Gasteiger partial charge in [-0.3, -0.25) is 0 Å². The Hall–Kier alpha value is -3.84. The van der Waals surface area contributed by atoms with Gasteiger partial charge in [0, 0.05) is 16.8 Å². The van der Waals surface area contributed by atoms with E-state index in [9.17, 15) is 13.2 Å². The van der Waals surface area contributed by atoms with Gasteiger partial charge in [-0.15, -0.1) is 0 Å². The van der Waals surface area contributed by atoms with Crippen molar-refractivity contribution in [3.63, 3.8) is 0 Å². The second kappa shape index (κ2) is 8.50. The average molecular weight is 474 g/mol. The molecule has 4 aromatic rings. The van der Waals surface area contributed by atoms with Gasteiger partial charge in [-0.05, 0) is 67.3 Å². The molecule has 0 aliphatic heterocycles. The van der Waals surface area contributed by atoms with Crippen LogP contribution in [0.3, 0.4) is 0 Å². The van der Waals surface area contributed by atoms with E-state index in [4.69, 9.17) is 9.15 Å². The number of methoxy groups -OCH3 is 1. The van der Waals surface area contributed by atoms with Crippen LogP contribution < -0.4 is 0 Å². The number of nitrogens with zero attached hydrogens (tertiary/aromatic N) is 1. The summed E-state index contributed by atoms with van der Waals surface area (Å²) in [6.45, 7) is 1.89. The molecule has 0 saturated carbocycles. The second-order valence-corrected chi connectivity index (χ2v) is 10.0. The van der Waals surface area contributed by atoms with E-state index < -0.39 is 16.0 Å². The molecule has 172 valence electrons. The van der Waals surface area contributed by atoms with Gasteiger partial charge < -0.3 is 9.15 Å². The summed E-state index contributed by atoms with van der Waals surface area (Å²) in [7, 11) is -2.73. The first-order valence-electron chi connectivity index (χ1n) is 10.9. The summed E-state index contributed by atoms with van der Waals surface area (Å²) in [5, 5.41) is 0. The zero-order valence-corrected chi connectivity index (χ0v) is 19.6. The van der Waals surface area contributed by atoms with Crippen LogP contribution >= 0.6 is 0 Å². The van der Waals surface area contributed by atoms with E-state index in [1.165, 1.54) is 7.11 Å². The predicted molar refractivity (Wildman–Crippen MR) is 130 cm³/mol. The first kappa shape index (κ1) is 22.0. The number of hydrogen-bond acceptors (Lipinski definition) is 5. The van der Waals surface area contributed by atoms with Crippen molar-refractivity contribution >= 4 is 27.6 Å². The normalized spacial score (nSPS) is 14.4. The molecule has 5 rings (SSSR count). The third-order valence-electron chi connectivity index (χ3n) is 6.02. The van der Waals surface area contributed by atoms with Gasteiger partial charge in [-0.1, -0.05) is 42.0 Å². The summed E-state index contributed by atoms with van der Waals surface area (Å²) in [4.78, 5) is 12.7. The summed E-state index contributed by atoms with van der Waals surface area (Å²) >= 11 is 0. The number of esters is 1. The van der Waals surface area contributed by atoms with Gasteiger partial charge in [-0.25, -0.2) is 17.2 Å². The fourth-order valence-electron chi connectivity index (χ4n) is 4.35. The van der Waals surface area contributed by atoms with E-state index in [1.54, 1.807) is 36.6 Å². The van der Waals surface area contributed by atoms with E-state index in [0.29, 0.717) is 18.5 Å². The Morgan fingerprint density at radius 2 is 1.82 bits per heavy atom. The van der Waals surface area contributed by atoms with Crippen molar-refractivity contribution < 1.29 is 22.4 Å². The Labute approximate surface area is 198 Å². The largest absolute Gasteiger partial charge is 0.464 e. The van der Waals surface area contributed by atoms with Crippen molar-refractivity contribution in [2.45, 2.75) is 24.7 Å². The number of ether oxygens (including phenoxy) is 1. The molecule has 0 N–H and O–H groups in total. The lowest BCUT2D eigenvalue weighted by Crippen LogP contribution is -2.21. The molecule has 0 spiro atoms. The smallest absolute Gasteiger partial charge is 0.355 e. The lowest BCUT2D eigenvalue weighted by molar-refractivity contribution is 0.0592. The molecular weight excluding hydrogens is 450 g/mol. The summed E-state index contributed by atoms with van der Waals surface area (Å²) in [5.74, 6) is 0.0833. The molecule has 0 bridgehead atoms. The van der Waals surface area contributed by atoms with Crippen molar-refractivity contribution in [1.29, 1.82) is 0 Å². The molecule has 2 heterocycles. The van der Waals surface area contributed by atoms with Crippen LogP contribution in [0.2, 0.25) is 0 Å². The fourth-order valence-corrected chi connectivity index (χ4v) is 5.90. The highest BCUT2D eigenvalue weighted by Crippen LogP contribution is 2.38. The average Bonchev–Trinajstić information content (AvgIpc) is 3.57. The topological polar surface area (TPSA) is 78.5 Å². The number of benzene rings is 2. The summed E-state index contributed by atoms with van der Waals surface area (Å²) < 4.78 is 38.7. The highest BCUT2D eigenvalue weighted by molar-refractivity contribution is 7.90. The first-order chi connectivity index (χ1) is 16.4. The lowest BCUT2D eigenvalue weighted by Gasteiger charge is -2.12. The van der Waals surface area contributed by atoms with Crippen molar-refractivity contribution in [3.8, 4) is 11.3 Å². The maximum absolute atomic E-state index is 13.6. The van der Waals surface area contributed by atoms with Crippen LogP contribution in [0.4, 0.5) is 0 Å². The van der Waals surface area contributed by atoms with Crippen LogP contribution in [0.25, 0.3) is 23.0 Å². The minimum atomic E-state index is -3.98. The molecule has 7 heteroatoms. The van der Waals surface area contributed by atoms with Gasteiger partial charge in [0.25, 0.3) is 10.0 Å². The van der Waals surface area contributed by atoms with E-state index >= 15 is 0 Å². The van der Waals surface area contributed by atoms with Crippen LogP contribution in [0.15, 0.2) is 82.3 Å². The Balaban J connectivity index is 1.61. The number of carbonyl (C=O) groups excluding carboxylic acids is 1. The quantitative estimate of drug-likeness (QED) is 0.354. The number of aryl methyl sites for hydroxylation is 1. The molecule has 1 aliphatic rings. The molecule has 0 atom stereocenters. The Morgan fingerprint density at radius 3 is 2.53 bits per heavy atom. The van der Waals surface area contributed by atoms with E-state index in [0.717, 1.165) is 37.6 Å². The standard InChI is InChI=1S/C27H23NO5S/c1-18-8-11-22(12-9-18)34(30,31)28-24-13-10-20(23(24)17-25(28)27(29)32-2)15-19-5-3-6-21(16-19)26-7-4-14-33-26/h3-9,11-12,14-17H,10,13H2,1-2H3/b20-15+. The second-order valence-electron chi connectivity index (χ2n) is 8.24. The third-order valence-corrected chi connectivity index (χ3v) is 7.79. The molecular formula is C27H23NO5S. The molecule has 1 aliphatic carbocycles. The van der Waals surface area contributed by atoms with Crippen molar-refractivity contribution in [2.75, 3.05) is 7.11 Å². The number of allylic oxidation sites excluding steroid dienone is 1. The van der Waals surface area contributed by atoms with Gasteiger partial charge in [-0.2, -0.15) is 0 Å². The minimum absolute atomic E-state index is 0.00279. The van der Waals surface area contributed by atoms with E-state index in [1.807, 2.05) is 49.4 Å². The number of rotatable bonds is 5. The first-order valence-corrected chi connectivity index (χ1v) is 12.3. The third kappa shape index (κ3) is 3.78. The van der Waals surface area contributed by atoms with Gasteiger partial charge in [0.2, 0.25) is 0 Å². The molecule has 0 fully saturated rings. The van der Waals surface area contributed by atoms with Gasteiger partial charge >= 0.3 is 5.97 Å². The van der Waals surface area contributed by atoms with E-state index in [2.05, 4.69) is 0 Å². The molecule has 2 aromatic heterocycles. The number of fused-ring (bicyclic) bond motifs is 1. The minimum Gasteiger partial charge on any atom is -0.464 e. The number of furan rings is 1. The summed E-state index contributed by atoms with van der Waals surface area (Å²) in [5.41, 5.74) is 5.18. The Bertz CT molecular complexity index is 1510. The highest BCUT2D eigenvalue weighted by atomic mass is 32.2. The fraction of sp³-hybridized carbons (Fsp3) is 0.148. The molecule has 0 saturated heterocycles. The Morgan fingerprint density at radius 1 is 1.03 bits per heavy atom. The summed E-state index contributed by atoms with van der Waals surface area (Å²) in [6.07, 6.45) is 4.83. The molecule has 0 unspecified atom stereocenters. The predicted octanol–water partition coefficient (Wildman–Crippen LogP) is 5.57. The number of hydrogen-bond donors (Lipinski definition) is 0. The van der Waals surface area contributed by atoms with Crippen molar-refractivity contribution in [1.82, 2.24) is 3.97 Å². The molecule has 0 radical (unpaired) electrons. The highest BCUT2D eigenvalue weighted by Gasteiger charge is 2.33. The SMILES string of the molecule is COC(=O)c1cc2c(n1S(=O)(=O)c1ccc(C)cc1)CC/C2=C\c1cccc(-c2ccco2)c1. The molecule has 6 nitrogen and oxygen atoms in total. The van der Waals surface area contributed by atoms with Crippen LogP contribution in [0.1, 0.15) is 39.3 Å². The maximum atomic E-state index is 13.6.